The Morgan fingerprint density at radius 1 is 0.840 bits per heavy atom. The number of rotatable bonds is 6. The van der Waals surface area contributed by atoms with E-state index in [0.717, 1.165) is 38.9 Å². The topological polar surface area (TPSA) is 38.4 Å². The molecule has 1 atom stereocenters. The summed E-state index contributed by atoms with van der Waals surface area (Å²) >= 11 is 0. The number of nitrogens with zero attached hydrogens (tertiary/aromatic N) is 2. The zero-order valence-electron chi connectivity index (χ0n) is 33.8. The molecule has 1 radical (unpaired) electrons. The van der Waals surface area contributed by atoms with Crippen LogP contribution in [0.5, 0.6) is 0 Å². The van der Waals surface area contributed by atoms with Gasteiger partial charge in [0.1, 0.15) is 5.58 Å². The van der Waals surface area contributed by atoms with Gasteiger partial charge in [0.2, 0.25) is 0 Å². The van der Waals surface area contributed by atoms with E-state index in [0.29, 0.717) is 22.0 Å². The summed E-state index contributed by atoms with van der Waals surface area (Å²) in [6, 6.07) is 46.6. The molecule has 0 amide bonds. The predicted octanol–water partition coefficient (Wildman–Crippen LogP) is 11.3. The van der Waals surface area contributed by atoms with Crippen molar-refractivity contribution in [1.29, 1.82) is 0 Å². The maximum absolute atomic E-state index is 8.63. The Morgan fingerprint density at radius 3 is 2.32 bits per heavy atom. The summed E-state index contributed by atoms with van der Waals surface area (Å²) < 4.78 is 47.4. The van der Waals surface area contributed by atoms with Gasteiger partial charge >= 0.3 is 0 Å². The molecule has 0 aliphatic carbocycles. The molecule has 253 valence electrons. The van der Waals surface area contributed by atoms with Crippen LogP contribution < -0.4 is 5.19 Å². The molecule has 0 N–H and O–H groups in total. The molecule has 5 aromatic carbocycles. The van der Waals surface area contributed by atoms with Gasteiger partial charge in [-0.1, -0.05) is 123 Å². The fraction of sp³-hybridized carbons (Fsp3) is 0.200. The molecule has 0 spiro atoms. The van der Waals surface area contributed by atoms with Crippen LogP contribution in [0.1, 0.15) is 54.6 Å². The minimum atomic E-state index is -2.35. The molecular formula is C45H42IrN2OSi-2. The molecule has 7 aromatic rings. The second-order valence-electron chi connectivity index (χ2n) is 13.7. The van der Waals surface area contributed by atoms with Crippen LogP contribution in [0, 0.1) is 24.9 Å². The van der Waals surface area contributed by atoms with Gasteiger partial charge in [-0.15, -0.1) is 54.1 Å². The number of aromatic nitrogens is 1. The van der Waals surface area contributed by atoms with Gasteiger partial charge in [0, 0.05) is 44.0 Å². The Bertz CT molecular complexity index is 2490. The van der Waals surface area contributed by atoms with Crippen molar-refractivity contribution in [3.05, 3.63) is 161 Å². The average Bonchev–Trinajstić information content (AvgIpc) is 3.73. The maximum atomic E-state index is 8.63. The third-order valence-corrected chi connectivity index (χ3v) is 10.7. The van der Waals surface area contributed by atoms with Gasteiger partial charge in [0.05, 0.1) is 19.3 Å². The van der Waals surface area contributed by atoms with Gasteiger partial charge in [0.15, 0.2) is 0 Å². The molecule has 0 fully saturated rings. The number of furan rings is 1. The van der Waals surface area contributed by atoms with E-state index >= 15 is 0 Å². The molecule has 0 bridgehead atoms. The van der Waals surface area contributed by atoms with E-state index in [1.807, 2.05) is 62.4 Å². The third kappa shape index (κ3) is 7.09. The van der Waals surface area contributed by atoms with E-state index < -0.39 is 21.3 Å². The third-order valence-electron chi connectivity index (χ3n) is 8.73. The van der Waals surface area contributed by atoms with Gasteiger partial charge < -0.3 is 9.40 Å². The monoisotopic (exact) mass is 852 g/mol. The van der Waals surface area contributed by atoms with E-state index in [1.54, 1.807) is 18.2 Å². The van der Waals surface area contributed by atoms with Crippen molar-refractivity contribution in [3.63, 3.8) is 0 Å². The second kappa shape index (κ2) is 14.8. The van der Waals surface area contributed by atoms with Crippen molar-refractivity contribution in [3.8, 4) is 11.3 Å². The standard InChI is InChI=1S/C26H16NO.C19H26NSi.Ir/c1-2-9-17(10-3-1)24-20-12-4-6-15-22(20)27-25(24)21-14-8-13-19-18-11-5-7-16-23(18)28-26(19)21;1-14(2)12-17-13-18(21(4,5)6)15(3)20-19(17)16-10-8-7-9-11-16;/h1-13,15-16,24H;7-10,13-14H,12H2,1-6H3;/q2*-1;/i;3D3,12D2;. The van der Waals surface area contributed by atoms with Crippen molar-refractivity contribution < 1.29 is 31.4 Å². The Labute approximate surface area is 317 Å². The van der Waals surface area contributed by atoms with Gasteiger partial charge in [-0.3, -0.25) is 4.99 Å². The summed E-state index contributed by atoms with van der Waals surface area (Å²) in [5.41, 5.74) is 8.69. The number of hydrogen-bond donors (Lipinski definition) is 0. The van der Waals surface area contributed by atoms with E-state index in [1.165, 1.54) is 11.1 Å². The van der Waals surface area contributed by atoms with Crippen LogP contribution in [0.4, 0.5) is 5.69 Å². The normalized spacial score (nSPS) is 15.8. The van der Waals surface area contributed by atoms with E-state index in [-0.39, 0.29) is 37.6 Å². The minimum absolute atomic E-state index is 0. The van der Waals surface area contributed by atoms with Crippen molar-refractivity contribution in [1.82, 2.24) is 4.98 Å². The first kappa shape index (κ1) is 29.3. The maximum Gasteiger partial charge on any atom is 0.120 e. The van der Waals surface area contributed by atoms with Gasteiger partial charge in [0.25, 0.3) is 0 Å². The van der Waals surface area contributed by atoms with Crippen molar-refractivity contribution in [2.45, 2.75) is 52.6 Å². The minimum Gasteiger partial charge on any atom is -0.501 e. The summed E-state index contributed by atoms with van der Waals surface area (Å²) in [6.07, 6.45) is -1.63. The Balaban J connectivity index is 0.000000185. The molecule has 3 heterocycles. The molecular weight excluding hydrogens is 805 g/mol. The second-order valence-corrected chi connectivity index (χ2v) is 18.7. The van der Waals surface area contributed by atoms with Crippen LogP contribution in [-0.4, -0.2) is 18.8 Å². The SMILES string of the molecule is [2H]C([2H])([2H])c1nc(-c2[c-]cccc2)c(C([2H])([2H])C(C)C)cc1[Si](C)(C)C.[Ir].[c-]1ccc2c(oc3ccccc32)c1C1=Nc2ccccc2C1c1ccccc1. The van der Waals surface area contributed by atoms with E-state index in [2.05, 4.69) is 91.4 Å². The number of aryl methyl sites for hydroxylation is 1. The summed E-state index contributed by atoms with van der Waals surface area (Å²) in [6.45, 7) is 7.48. The molecule has 1 aliphatic rings. The van der Waals surface area contributed by atoms with Gasteiger partial charge in [-0.25, -0.2) is 0 Å². The van der Waals surface area contributed by atoms with Crippen molar-refractivity contribution in [2.75, 3.05) is 0 Å². The molecule has 0 saturated carbocycles. The first-order valence-electron chi connectivity index (χ1n) is 19.2. The number of benzene rings is 5. The van der Waals surface area contributed by atoms with Crippen LogP contribution in [0.2, 0.25) is 19.6 Å². The van der Waals surface area contributed by atoms with E-state index in [9.17, 15) is 0 Å². The first-order chi connectivity index (χ1) is 25.7. The van der Waals surface area contributed by atoms with Crippen molar-refractivity contribution >= 4 is 46.6 Å². The fourth-order valence-corrected chi connectivity index (χ4v) is 7.83. The van der Waals surface area contributed by atoms with Crippen LogP contribution >= 0.6 is 0 Å². The quantitative estimate of drug-likeness (QED) is 0.123. The molecule has 50 heavy (non-hydrogen) atoms. The van der Waals surface area contributed by atoms with Crippen LogP contribution in [0.25, 0.3) is 33.2 Å². The summed E-state index contributed by atoms with van der Waals surface area (Å²) in [7, 11) is -2.06. The number of pyridine rings is 1. The molecule has 5 heteroatoms. The zero-order chi connectivity index (χ0) is 38.4. The van der Waals surface area contributed by atoms with Crippen LogP contribution in [-0.2, 0) is 26.5 Å². The summed E-state index contributed by atoms with van der Waals surface area (Å²) in [5.74, 6) is -0.202. The van der Waals surface area contributed by atoms with Crippen LogP contribution in [0.3, 0.4) is 0 Å². The molecule has 8 rings (SSSR count). The van der Waals surface area contributed by atoms with Crippen LogP contribution in [0.15, 0.2) is 131 Å². The smallest absolute Gasteiger partial charge is 0.120 e. The zero-order valence-corrected chi connectivity index (χ0v) is 32.2. The molecule has 0 saturated heterocycles. The fourth-order valence-electron chi connectivity index (χ4n) is 6.49. The Morgan fingerprint density at radius 2 is 1.58 bits per heavy atom. The summed E-state index contributed by atoms with van der Waals surface area (Å²) in [5, 5.41) is 2.92. The molecule has 1 aliphatic heterocycles. The first-order valence-corrected chi connectivity index (χ1v) is 20.2. The van der Waals surface area contributed by atoms with Crippen molar-refractivity contribution in [2.24, 2.45) is 10.9 Å². The number of para-hydroxylation sites is 2. The van der Waals surface area contributed by atoms with Gasteiger partial charge in [-0.05, 0) is 59.0 Å². The largest absolute Gasteiger partial charge is 0.501 e. The predicted molar refractivity (Wildman–Crippen MR) is 208 cm³/mol. The molecule has 1 unspecified atom stereocenters. The molecule has 3 nitrogen and oxygen atoms in total. The van der Waals surface area contributed by atoms with E-state index in [4.69, 9.17) is 16.3 Å². The average molecular weight is 852 g/mol. The number of fused-ring (bicyclic) bond motifs is 4. The Kier molecular flexibility index (Phi) is 8.70. The van der Waals surface area contributed by atoms with Gasteiger partial charge in [-0.2, -0.15) is 0 Å². The summed E-state index contributed by atoms with van der Waals surface area (Å²) in [4.78, 5) is 9.56. The Hall–Kier alpha value is -4.41. The number of hydrogen-bond acceptors (Lipinski definition) is 3. The molecule has 2 aromatic heterocycles. The number of aliphatic imine (C=N–C) groups is 1.